The molecular weight excluding hydrogens is 268 g/mol. The molecule has 0 aliphatic heterocycles. The number of aromatic nitrogens is 1. The lowest BCUT2D eigenvalue weighted by molar-refractivity contribution is 0.0591. The highest BCUT2D eigenvalue weighted by atomic mass is 32.1. The summed E-state index contributed by atoms with van der Waals surface area (Å²) in [5.74, 6) is -0.810. The van der Waals surface area contributed by atoms with Crippen LogP contribution in [-0.2, 0) is 9.47 Å². The molecule has 1 aromatic rings. The van der Waals surface area contributed by atoms with Crippen molar-refractivity contribution in [2.75, 3.05) is 25.6 Å². The van der Waals surface area contributed by atoms with Gasteiger partial charge in [-0.25, -0.2) is 9.78 Å². The lowest BCUT2D eigenvalue weighted by Gasteiger charge is -2.11. The first-order valence-electron chi connectivity index (χ1n) is 5.93. The monoisotopic (exact) mass is 286 g/mol. The molecule has 6 nitrogen and oxygen atoms in total. The summed E-state index contributed by atoms with van der Waals surface area (Å²) in [7, 11) is 1.26. The Bertz CT molecular complexity index is 459. The van der Waals surface area contributed by atoms with Crippen LogP contribution >= 0.6 is 11.3 Å². The molecular formula is C12H18N2O4S. The Kier molecular flexibility index (Phi) is 5.91. The van der Waals surface area contributed by atoms with Crippen LogP contribution < -0.4 is 5.32 Å². The fourth-order valence-electron chi connectivity index (χ4n) is 1.40. The maximum absolute atomic E-state index is 11.5. The van der Waals surface area contributed by atoms with Gasteiger partial charge in [0.1, 0.15) is 4.88 Å². The van der Waals surface area contributed by atoms with Crippen molar-refractivity contribution in [3.05, 3.63) is 10.6 Å². The lowest BCUT2D eigenvalue weighted by Crippen LogP contribution is -2.21. The number of hydrogen-bond acceptors (Lipinski definition) is 7. The smallest absolute Gasteiger partial charge is 0.358 e. The van der Waals surface area contributed by atoms with E-state index in [2.05, 4.69) is 15.0 Å². The normalized spacial score (nSPS) is 12.0. The highest BCUT2D eigenvalue weighted by Gasteiger charge is 2.22. The van der Waals surface area contributed by atoms with Gasteiger partial charge in [0.25, 0.3) is 0 Å². The predicted octanol–water partition coefficient (Wildman–Crippen LogP) is 1.97. The number of carbonyl (C=O) groups excluding carboxylic acids is 2. The first-order valence-corrected chi connectivity index (χ1v) is 6.75. The summed E-state index contributed by atoms with van der Waals surface area (Å²) in [4.78, 5) is 27.4. The number of ether oxygens (including phenoxy) is 2. The molecule has 0 radical (unpaired) electrons. The van der Waals surface area contributed by atoms with Crippen molar-refractivity contribution in [3.63, 3.8) is 0 Å². The van der Waals surface area contributed by atoms with Crippen molar-refractivity contribution in [2.45, 2.75) is 26.8 Å². The molecule has 0 bridgehead atoms. The third kappa shape index (κ3) is 4.29. The van der Waals surface area contributed by atoms with Crippen LogP contribution in [-0.4, -0.2) is 43.1 Å². The molecule has 0 aliphatic rings. The lowest BCUT2D eigenvalue weighted by atomic mass is 10.3. The molecule has 1 unspecified atom stereocenters. The van der Waals surface area contributed by atoms with Gasteiger partial charge in [0, 0.05) is 19.6 Å². The van der Waals surface area contributed by atoms with Crippen molar-refractivity contribution in [1.29, 1.82) is 0 Å². The topological polar surface area (TPSA) is 77.5 Å². The molecule has 19 heavy (non-hydrogen) atoms. The number of hydrogen-bond donors (Lipinski definition) is 1. The molecule has 0 saturated carbocycles. The molecule has 0 spiro atoms. The number of ketones is 1. The molecule has 1 heterocycles. The van der Waals surface area contributed by atoms with E-state index in [0.717, 1.165) is 11.3 Å². The van der Waals surface area contributed by atoms with E-state index in [4.69, 9.17) is 4.74 Å². The summed E-state index contributed by atoms with van der Waals surface area (Å²) in [5.41, 5.74) is 0.0612. The fraction of sp³-hybridized carbons (Fsp3) is 0.583. The first-order chi connectivity index (χ1) is 8.99. The van der Waals surface area contributed by atoms with Gasteiger partial charge in [0.15, 0.2) is 16.6 Å². The van der Waals surface area contributed by atoms with Crippen LogP contribution in [0.3, 0.4) is 0 Å². The van der Waals surface area contributed by atoms with Crippen LogP contribution in [0.5, 0.6) is 0 Å². The number of methoxy groups -OCH3 is 1. The van der Waals surface area contributed by atoms with Crippen molar-refractivity contribution in [3.8, 4) is 0 Å². The highest BCUT2D eigenvalue weighted by Crippen LogP contribution is 2.24. The van der Waals surface area contributed by atoms with Crippen LogP contribution in [0.1, 0.15) is 40.9 Å². The number of Topliss-reactive ketones (excluding diaryl/α,β-unsaturated/α-hetero) is 1. The summed E-state index contributed by atoms with van der Waals surface area (Å²) in [5, 5.41) is 3.61. The van der Waals surface area contributed by atoms with Gasteiger partial charge in [-0.2, -0.15) is 0 Å². The second-order valence-electron chi connectivity index (χ2n) is 3.95. The van der Waals surface area contributed by atoms with Crippen LogP contribution in [0.4, 0.5) is 5.13 Å². The second kappa shape index (κ2) is 7.20. The predicted molar refractivity (Wildman–Crippen MR) is 73.0 cm³/mol. The van der Waals surface area contributed by atoms with E-state index in [1.54, 1.807) is 0 Å². The van der Waals surface area contributed by atoms with Crippen molar-refractivity contribution >= 4 is 28.2 Å². The Hall–Kier alpha value is -1.47. The molecule has 106 valence electrons. The van der Waals surface area contributed by atoms with Gasteiger partial charge in [0.2, 0.25) is 0 Å². The van der Waals surface area contributed by atoms with Crippen LogP contribution in [0.25, 0.3) is 0 Å². The van der Waals surface area contributed by atoms with E-state index in [9.17, 15) is 9.59 Å². The molecule has 1 atom stereocenters. The number of nitrogens with one attached hydrogen (secondary N) is 1. The van der Waals surface area contributed by atoms with Gasteiger partial charge >= 0.3 is 5.97 Å². The minimum atomic E-state index is -0.605. The van der Waals surface area contributed by atoms with Crippen molar-refractivity contribution < 1.29 is 19.1 Å². The molecule has 0 aliphatic carbocycles. The Labute approximate surface area is 116 Å². The SMILES string of the molecule is CCOCC(C)Nc1nc(C(=O)OC)c(C(C)=O)s1. The first kappa shape index (κ1) is 15.6. The number of anilines is 1. The zero-order valence-corrected chi connectivity index (χ0v) is 12.3. The zero-order valence-electron chi connectivity index (χ0n) is 11.5. The van der Waals surface area contributed by atoms with E-state index in [-0.39, 0.29) is 17.5 Å². The molecule has 1 N–H and O–H groups in total. The minimum Gasteiger partial charge on any atom is -0.464 e. The molecule has 1 aromatic heterocycles. The fourth-order valence-corrected chi connectivity index (χ4v) is 2.36. The van der Waals surface area contributed by atoms with Gasteiger partial charge in [0.05, 0.1) is 13.7 Å². The summed E-state index contributed by atoms with van der Waals surface area (Å²) < 4.78 is 9.89. The molecule has 0 saturated heterocycles. The minimum absolute atomic E-state index is 0.0383. The summed E-state index contributed by atoms with van der Waals surface area (Å²) in [6.07, 6.45) is 0. The van der Waals surface area contributed by atoms with E-state index in [0.29, 0.717) is 23.2 Å². The van der Waals surface area contributed by atoms with Crippen LogP contribution in [0, 0.1) is 0 Å². The average Bonchev–Trinajstić information content (AvgIpc) is 2.79. The van der Waals surface area contributed by atoms with E-state index in [1.807, 2.05) is 13.8 Å². The Balaban J connectivity index is 2.86. The summed E-state index contributed by atoms with van der Waals surface area (Å²) in [6, 6.07) is 0.0383. The largest absolute Gasteiger partial charge is 0.464 e. The average molecular weight is 286 g/mol. The third-order valence-corrected chi connectivity index (χ3v) is 3.35. The van der Waals surface area contributed by atoms with Crippen molar-refractivity contribution in [1.82, 2.24) is 4.98 Å². The number of rotatable bonds is 7. The number of carbonyl (C=O) groups is 2. The molecule has 0 fully saturated rings. The molecule has 0 amide bonds. The third-order valence-electron chi connectivity index (χ3n) is 2.27. The maximum atomic E-state index is 11.5. The van der Waals surface area contributed by atoms with Crippen LogP contribution in [0.2, 0.25) is 0 Å². The number of thiazole rings is 1. The summed E-state index contributed by atoms with van der Waals surface area (Å²) >= 11 is 1.14. The van der Waals surface area contributed by atoms with Gasteiger partial charge in [-0.15, -0.1) is 0 Å². The Morgan fingerprint density at radius 1 is 1.47 bits per heavy atom. The zero-order chi connectivity index (χ0) is 14.4. The highest BCUT2D eigenvalue weighted by molar-refractivity contribution is 7.17. The quantitative estimate of drug-likeness (QED) is 0.610. The van der Waals surface area contributed by atoms with Crippen molar-refractivity contribution in [2.24, 2.45) is 0 Å². The molecule has 0 aromatic carbocycles. The number of esters is 1. The van der Waals surface area contributed by atoms with Gasteiger partial charge in [-0.05, 0) is 13.8 Å². The maximum Gasteiger partial charge on any atom is 0.358 e. The summed E-state index contributed by atoms with van der Waals surface area (Å²) in [6.45, 7) is 6.41. The second-order valence-corrected chi connectivity index (χ2v) is 4.95. The number of nitrogens with zero attached hydrogens (tertiary/aromatic N) is 1. The molecule has 7 heteroatoms. The van der Waals surface area contributed by atoms with E-state index >= 15 is 0 Å². The van der Waals surface area contributed by atoms with E-state index < -0.39 is 5.97 Å². The van der Waals surface area contributed by atoms with Crippen LogP contribution in [0.15, 0.2) is 0 Å². The standard InChI is InChI=1S/C12H18N2O4S/c1-5-18-6-7(2)13-12-14-9(11(16)17-4)10(19-12)8(3)15/h7H,5-6H2,1-4H3,(H,13,14). The van der Waals surface area contributed by atoms with E-state index in [1.165, 1.54) is 14.0 Å². The molecule has 1 rings (SSSR count). The van der Waals surface area contributed by atoms with Gasteiger partial charge in [-0.3, -0.25) is 4.79 Å². The Morgan fingerprint density at radius 2 is 2.16 bits per heavy atom. The van der Waals surface area contributed by atoms with Gasteiger partial charge < -0.3 is 14.8 Å². The Morgan fingerprint density at radius 3 is 2.68 bits per heavy atom. The van der Waals surface area contributed by atoms with Gasteiger partial charge in [-0.1, -0.05) is 11.3 Å².